The van der Waals surface area contributed by atoms with E-state index in [-0.39, 0.29) is 0 Å². The molecule has 0 aromatic heterocycles. The van der Waals surface area contributed by atoms with E-state index >= 15 is 0 Å². The first kappa shape index (κ1) is 10.9. The molecule has 0 radical (unpaired) electrons. The minimum atomic E-state index is 0.424. The van der Waals surface area contributed by atoms with Crippen molar-refractivity contribution in [1.82, 2.24) is 9.80 Å². The fourth-order valence-electron chi connectivity index (χ4n) is 1.72. The van der Waals surface area contributed by atoms with Crippen LogP contribution < -0.4 is 0 Å². The van der Waals surface area contributed by atoms with Gasteiger partial charge in [-0.05, 0) is 13.0 Å². The van der Waals surface area contributed by atoms with E-state index in [1.807, 2.05) is 0 Å². The summed E-state index contributed by atoms with van der Waals surface area (Å²) in [5, 5.41) is 8.20. The molecule has 0 spiro atoms. The third-order valence-electron chi connectivity index (χ3n) is 2.50. The van der Waals surface area contributed by atoms with Crippen molar-refractivity contribution in [3.63, 3.8) is 0 Å². The highest BCUT2D eigenvalue weighted by atomic mass is 17.1. The van der Waals surface area contributed by atoms with Gasteiger partial charge < -0.3 is 4.90 Å². The fourth-order valence-corrected chi connectivity index (χ4v) is 1.72. The minimum Gasteiger partial charge on any atom is -0.301 e. The molecular formula is C9H20N2O2. The zero-order valence-electron chi connectivity index (χ0n) is 8.41. The van der Waals surface area contributed by atoms with E-state index in [0.717, 1.165) is 32.7 Å². The highest BCUT2D eigenvalue weighted by Crippen LogP contribution is 2.01. The number of piperazine rings is 1. The molecule has 1 rings (SSSR count). The van der Waals surface area contributed by atoms with Crippen molar-refractivity contribution in [1.29, 1.82) is 0 Å². The Kier molecular flexibility index (Phi) is 5.31. The molecule has 1 fully saturated rings. The van der Waals surface area contributed by atoms with Gasteiger partial charge in [-0.2, -0.15) is 0 Å². The Labute approximate surface area is 80.0 Å². The summed E-state index contributed by atoms with van der Waals surface area (Å²) in [5.41, 5.74) is 0. The summed E-state index contributed by atoms with van der Waals surface area (Å²) in [4.78, 5) is 8.87. The van der Waals surface area contributed by atoms with Crippen molar-refractivity contribution in [2.24, 2.45) is 0 Å². The quantitative estimate of drug-likeness (QED) is 0.503. The second-order valence-electron chi connectivity index (χ2n) is 3.52. The molecular weight excluding hydrogens is 168 g/mol. The van der Waals surface area contributed by atoms with Gasteiger partial charge in [0.15, 0.2) is 0 Å². The van der Waals surface area contributed by atoms with Crippen molar-refractivity contribution in [3.8, 4) is 0 Å². The predicted molar refractivity (Wildman–Crippen MR) is 51.8 cm³/mol. The molecule has 0 aromatic rings. The Morgan fingerprint density at radius 1 is 1.08 bits per heavy atom. The second kappa shape index (κ2) is 6.32. The molecule has 4 heteroatoms. The van der Waals surface area contributed by atoms with Crippen molar-refractivity contribution in [2.45, 2.75) is 13.3 Å². The van der Waals surface area contributed by atoms with Gasteiger partial charge in [0.25, 0.3) is 0 Å². The van der Waals surface area contributed by atoms with Gasteiger partial charge in [-0.3, -0.25) is 10.2 Å². The molecule has 0 amide bonds. The highest BCUT2D eigenvalue weighted by molar-refractivity contribution is 4.70. The summed E-state index contributed by atoms with van der Waals surface area (Å²) < 4.78 is 0. The maximum atomic E-state index is 8.20. The van der Waals surface area contributed by atoms with Gasteiger partial charge in [0, 0.05) is 32.7 Å². The van der Waals surface area contributed by atoms with Gasteiger partial charge in [-0.1, -0.05) is 6.92 Å². The largest absolute Gasteiger partial charge is 0.301 e. The van der Waals surface area contributed by atoms with Gasteiger partial charge in [0.05, 0.1) is 6.61 Å². The summed E-state index contributed by atoms with van der Waals surface area (Å²) in [5.74, 6) is 0. The Balaban J connectivity index is 2.08. The second-order valence-corrected chi connectivity index (χ2v) is 3.52. The SMILES string of the molecule is CCCN1CCN(CCOO)CC1. The molecule has 1 N–H and O–H groups in total. The average molecular weight is 188 g/mol. The maximum absolute atomic E-state index is 8.20. The highest BCUT2D eigenvalue weighted by Gasteiger charge is 2.15. The van der Waals surface area contributed by atoms with Crippen LogP contribution in [-0.4, -0.2) is 60.9 Å². The molecule has 0 atom stereocenters. The van der Waals surface area contributed by atoms with Gasteiger partial charge in [-0.25, -0.2) is 4.89 Å². The molecule has 0 bridgehead atoms. The zero-order chi connectivity index (χ0) is 9.52. The zero-order valence-corrected chi connectivity index (χ0v) is 8.41. The Morgan fingerprint density at radius 3 is 2.08 bits per heavy atom. The van der Waals surface area contributed by atoms with E-state index in [0.29, 0.717) is 6.61 Å². The third kappa shape index (κ3) is 4.04. The first-order valence-electron chi connectivity index (χ1n) is 5.08. The lowest BCUT2D eigenvalue weighted by molar-refractivity contribution is -0.244. The van der Waals surface area contributed by atoms with Crippen LogP contribution in [0.4, 0.5) is 0 Å². The predicted octanol–water partition coefficient (Wildman–Crippen LogP) is 0.504. The van der Waals surface area contributed by atoms with Crippen LogP contribution in [0.25, 0.3) is 0 Å². The molecule has 1 heterocycles. The molecule has 1 saturated heterocycles. The van der Waals surface area contributed by atoms with Crippen LogP contribution in [0.15, 0.2) is 0 Å². The summed E-state index contributed by atoms with van der Waals surface area (Å²) >= 11 is 0. The van der Waals surface area contributed by atoms with Crippen molar-refractivity contribution in [3.05, 3.63) is 0 Å². The molecule has 1 aliphatic rings. The summed E-state index contributed by atoms with van der Waals surface area (Å²) in [6.07, 6.45) is 1.24. The lowest BCUT2D eigenvalue weighted by Gasteiger charge is -2.34. The summed E-state index contributed by atoms with van der Waals surface area (Å²) in [7, 11) is 0. The smallest absolute Gasteiger partial charge is 0.0946 e. The number of rotatable bonds is 5. The molecule has 78 valence electrons. The molecule has 1 aliphatic heterocycles. The number of hydrogen-bond acceptors (Lipinski definition) is 4. The lowest BCUT2D eigenvalue weighted by Crippen LogP contribution is -2.47. The molecule has 0 aliphatic carbocycles. The van der Waals surface area contributed by atoms with E-state index < -0.39 is 0 Å². The van der Waals surface area contributed by atoms with Crippen LogP contribution in [0.3, 0.4) is 0 Å². The van der Waals surface area contributed by atoms with Crippen LogP contribution in [0.1, 0.15) is 13.3 Å². The molecule has 13 heavy (non-hydrogen) atoms. The van der Waals surface area contributed by atoms with Crippen LogP contribution >= 0.6 is 0 Å². The van der Waals surface area contributed by atoms with Gasteiger partial charge in [-0.15, -0.1) is 0 Å². The average Bonchev–Trinajstić information content (AvgIpc) is 2.17. The van der Waals surface area contributed by atoms with Crippen molar-refractivity contribution < 1.29 is 10.1 Å². The van der Waals surface area contributed by atoms with Crippen molar-refractivity contribution in [2.75, 3.05) is 45.9 Å². The molecule has 4 nitrogen and oxygen atoms in total. The molecule has 0 saturated carbocycles. The first-order chi connectivity index (χ1) is 6.36. The van der Waals surface area contributed by atoms with Crippen LogP contribution in [0.2, 0.25) is 0 Å². The van der Waals surface area contributed by atoms with Gasteiger partial charge in [0.1, 0.15) is 0 Å². The van der Waals surface area contributed by atoms with E-state index in [2.05, 4.69) is 21.6 Å². The van der Waals surface area contributed by atoms with Crippen molar-refractivity contribution >= 4 is 0 Å². The topological polar surface area (TPSA) is 35.9 Å². The monoisotopic (exact) mass is 188 g/mol. The van der Waals surface area contributed by atoms with Crippen LogP contribution in [0.5, 0.6) is 0 Å². The van der Waals surface area contributed by atoms with Gasteiger partial charge >= 0.3 is 0 Å². The van der Waals surface area contributed by atoms with E-state index in [4.69, 9.17) is 5.26 Å². The summed E-state index contributed by atoms with van der Waals surface area (Å²) in [6.45, 7) is 9.20. The van der Waals surface area contributed by atoms with Gasteiger partial charge in [0.2, 0.25) is 0 Å². The van der Waals surface area contributed by atoms with E-state index in [1.54, 1.807) is 0 Å². The van der Waals surface area contributed by atoms with E-state index in [9.17, 15) is 0 Å². The Hall–Kier alpha value is -0.160. The van der Waals surface area contributed by atoms with Crippen LogP contribution in [0, 0.1) is 0 Å². The Bertz CT molecular complexity index is 125. The third-order valence-corrected chi connectivity index (χ3v) is 2.50. The van der Waals surface area contributed by atoms with E-state index in [1.165, 1.54) is 13.0 Å². The molecule has 0 aromatic carbocycles. The maximum Gasteiger partial charge on any atom is 0.0946 e. The Morgan fingerprint density at radius 2 is 1.62 bits per heavy atom. The first-order valence-corrected chi connectivity index (χ1v) is 5.08. The standard InChI is InChI=1S/C9H20N2O2/c1-2-3-10-4-6-11(7-5-10)8-9-13-12/h12H,2-9H2,1H3. The normalized spacial score (nSPS) is 20.8. The molecule has 0 unspecified atom stereocenters. The fraction of sp³-hybridized carbons (Fsp3) is 1.00. The summed E-state index contributed by atoms with van der Waals surface area (Å²) in [6, 6.07) is 0. The lowest BCUT2D eigenvalue weighted by atomic mass is 10.3. The van der Waals surface area contributed by atoms with Crippen LogP contribution in [-0.2, 0) is 4.89 Å². The minimum absolute atomic E-state index is 0.424. The number of nitrogens with zero attached hydrogens (tertiary/aromatic N) is 2. The number of hydrogen-bond donors (Lipinski definition) is 1.